The Morgan fingerprint density at radius 3 is 2.35 bits per heavy atom. The quantitative estimate of drug-likeness (QED) is 0.906. The van der Waals surface area contributed by atoms with Gasteiger partial charge in [0.1, 0.15) is 0 Å². The molecule has 0 aliphatic rings. The van der Waals surface area contributed by atoms with Gasteiger partial charge >= 0.3 is 0 Å². The molecular formula is C17H19NO2. The molecule has 3 nitrogen and oxygen atoms in total. The highest BCUT2D eigenvalue weighted by Gasteiger charge is 2.19. The van der Waals surface area contributed by atoms with E-state index in [1.165, 1.54) is 5.56 Å². The van der Waals surface area contributed by atoms with E-state index in [0.29, 0.717) is 6.54 Å². The first-order chi connectivity index (χ1) is 9.70. The van der Waals surface area contributed by atoms with Gasteiger partial charge in [-0.1, -0.05) is 60.2 Å². The van der Waals surface area contributed by atoms with Crippen LogP contribution in [-0.4, -0.2) is 13.0 Å². The SMILES string of the molecule is CO[C@H](C(=O)NCc1ccc(C)cc1)c1ccccc1. The number of carbonyl (C=O) groups is 1. The fourth-order valence-corrected chi connectivity index (χ4v) is 2.01. The second kappa shape index (κ2) is 6.87. The zero-order chi connectivity index (χ0) is 14.4. The Kier molecular flexibility index (Phi) is 4.91. The van der Waals surface area contributed by atoms with E-state index in [-0.39, 0.29) is 5.91 Å². The molecule has 0 aliphatic carbocycles. The lowest BCUT2D eigenvalue weighted by Crippen LogP contribution is -2.29. The molecule has 1 N–H and O–H groups in total. The Balaban J connectivity index is 1.98. The Bertz CT molecular complexity index is 549. The van der Waals surface area contributed by atoms with Crippen LogP contribution >= 0.6 is 0 Å². The van der Waals surface area contributed by atoms with E-state index < -0.39 is 6.10 Å². The number of aryl methyl sites for hydroxylation is 1. The van der Waals surface area contributed by atoms with Crippen molar-refractivity contribution in [3.05, 3.63) is 71.3 Å². The molecule has 104 valence electrons. The van der Waals surface area contributed by atoms with Gasteiger partial charge in [-0.2, -0.15) is 0 Å². The number of hydrogen-bond donors (Lipinski definition) is 1. The van der Waals surface area contributed by atoms with E-state index in [0.717, 1.165) is 11.1 Å². The van der Waals surface area contributed by atoms with E-state index in [2.05, 4.69) is 5.32 Å². The van der Waals surface area contributed by atoms with Gasteiger partial charge in [0.15, 0.2) is 6.10 Å². The Hall–Kier alpha value is -2.13. The van der Waals surface area contributed by atoms with Crippen LogP contribution in [0.1, 0.15) is 22.8 Å². The maximum atomic E-state index is 12.2. The number of hydrogen-bond acceptors (Lipinski definition) is 2. The third-order valence-electron chi connectivity index (χ3n) is 3.16. The van der Waals surface area contributed by atoms with Crippen LogP contribution in [0.25, 0.3) is 0 Å². The summed E-state index contributed by atoms with van der Waals surface area (Å²) in [6.07, 6.45) is -0.568. The van der Waals surface area contributed by atoms with E-state index in [4.69, 9.17) is 4.74 Å². The van der Waals surface area contributed by atoms with Crippen LogP contribution in [0.4, 0.5) is 0 Å². The van der Waals surface area contributed by atoms with Gasteiger partial charge in [-0.15, -0.1) is 0 Å². The number of ether oxygens (including phenoxy) is 1. The van der Waals surface area contributed by atoms with Crippen molar-refractivity contribution < 1.29 is 9.53 Å². The number of amides is 1. The van der Waals surface area contributed by atoms with E-state index in [1.54, 1.807) is 7.11 Å². The molecule has 0 heterocycles. The largest absolute Gasteiger partial charge is 0.367 e. The van der Waals surface area contributed by atoms with Gasteiger partial charge in [-0.25, -0.2) is 0 Å². The molecule has 3 heteroatoms. The first-order valence-electron chi connectivity index (χ1n) is 6.61. The van der Waals surface area contributed by atoms with Crippen molar-refractivity contribution in [2.45, 2.75) is 19.6 Å². The number of nitrogens with one attached hydrogen (secondary N) is 1. The van der Waals surface area contributed by atoms with Crippen LogP contribution in [0, 0.1) is 6.92 Å². The normalized spacial score (nSPS) is 11.9. The number of rotatable bonds is 5. The summed E-state index contributed by atoms with van der Waals surface area (Å²) in [6.45, 7) is 2.55. The third kappa shape index (κ3) is 3.68. The summed E-state index contributed by atoms with van der Waals surface area (Å²) >= 11 is 0. The summed E-state index contributed by atoms with van der Waals surface area (Å²) in [5.41, 5.74) is 3.14. The van der Waals surface area contributed by atoms with Crippen LogP contribution < -0.4 is 5.32 Å². The zero-order valence-electron chi connectivity index (χ0n) is 11.8. The molecule has 0 aromatic heterocycles. The summed E-state index contributed by atoms with van der Waals surface area (Å²) < 4.78 is 5.29. The lowest BCUT2D eigenvalue weighted by atomic mass is 10.1. The average molecular weight is 269 g/mol. The minimum Gasteiger partial charge on any atom is -0.367 e. The van der Waals surface area contributed by atoms with Crippen molar-refractivity contribution in [3.63, 3.8) is 0 Å². The number of benzene rings is 2. The van der Waals surface area contributed by atoms with Crippen molar-refractivity contribution in [2.75, 3.05) is 7.11 Å². The fraction of sp³-hybridized carbons (Fsp3) is 0.235. The van der Waals surface area contributed by atoms with Crippen molar-refractivity contribution in [1.29, 1.82) is 0 Å². The third-order valence-corrected chi connectivity index (χ3v) is 3.16. The molecule has 2 aromatic rings. The second-order valence-corrected chi connectivity index (χ2v) is 4.73. The fourth-order valence-electron chi connectivity index (χ4n) is 2.01. The molecule has 1 amide bonds. The molecule has 2 aromatic carbocycles. The van der Waals surface area contributed by atoms with Gasteiger partial charge in [0.2, 0.25) is 0 Å². The molecule has 2 rings (SSSR count). The molecule has 0 saturated carbocycles. The molecule has 0 radical (unpaired) electrons. The van der Waals surface area contributed by atoms with Crippen LogP contribution in [0.2, 0.25) is 0 Å². The Morgan fingerprint density at radius 1 is 1.10 bits per heavy atom. The summed E-state index contributed by atoms with van der Waals surface area (Å²) in [5, 5.41) is 2.90. The van der Waals surface area contributed by atoms with Crippen LogP contribution in [0.15, 0.2) is 54.6 Å². The van der Waals surface area contributed by atoms with Gasteiger partial charge in [0, 0.05) is 13.7 Å². The van der Waals surface area contributed by atoms with E-state index in [1.807, 2.05) is 61.5 Å². The van der Waals surface area contributed by atoms with Gasteiger partial charge in [0.25, 0.3) is 5.91 Å². The zero-order valence-corrected chi connectivity index (χ0v) is 11.8. The highest BCUT2D eigenvalue weighted by molar-refractivity contribution is 5.82. The standard InChI is InChI=1S/C17H19NO2/c1-13-8-10-14(11-9-13)12-18-17(19)16(20-2)15-6-4-3-5-7-15/h3-11,16H,12H2,1-2H3,(H,18,19)/t16-/m0/s1. The highest BCUT2D eigenvalue weighted by Crippen LogP contribution is 2.16. The molecular weight excluding hydrogens is 250 g/mol. The summed E-state index contributed by atoms with van der Waals surface area (Å²) in [6, 6.07) is 17.6. The van der Waals surface area contributed by atoms with Crippen molar-refractivity contribution in [3.8, 4) is 0 Å². The molecule has 0 unspecified atom stereocenters. The molecule has 0 saturated heterocycles. The molecule has 0 bridgehead atoms. The smallest absolute Gasteiger partial charge is 0.254 e. The van der Waals surface area contributed by atoms with Crippen LogP contribution in [0.3, 0.4) is 0 Å². The van der Waals surface area contributed by atoms with Crippen molar-refractivity contribution in [2.24, 2.45) is 0 Å². The maximum absolute atomic E-state index is 12.2. The minimum absolute atomic E-state index is 0.126. The van der Waals surface area contributed by atoms with Crippen molar-refractivity contribution in [1.82, 2.24) is 5.32 Å². The van der Waals surface area contributed by atoms with E-state index in [9.17, 15) is 4.79 Å². The van der Waals surface area contributed by atoms with Crippen molar-refractivity contribution >= 4 is 5.91 Å². The molecule has 1 atom stereocenters. The monoisotopic (exact) mass is 269 g/mol. The first kappa shape index (κ1) is 14.3. The minimum atomic E-state index is -0.568. The van der Waals surface area contributed by atoms with Gasteiger partial charge in [-0.3, -0.25) is 4.79 Å². The van der Waals surface area contributed by atoms with Gasteiger partial charge in [-0.05, 0) is 18.1 Å². The Labute approximate surface area is 119 Å². The molecule has 20 heavy (non-hydrogen) atoms. The molecule has 0 fully saturated rings. The van der Waals surface area contributed by atoms with Gasteiger partial charge < -0.3 is 10.1 Å². The Morgan fingerprint density at radius 2 is 1.75 bits per heavy atom. The summed E-state index contributed by atoms with van der Waals surface area (Å²) in [5.74, 6) is -0.126. The predicted molar refractivity (Wildman–Crippen MR) is 79.2 cm³/mol. The second-order valence-electron chi connectivity index (χ2n) is 4.73. The lowest BCUT2D eigenvalue weighted by Gasteiger charge is -2.15. The topological polar surface area (TPSA) is 38.3 Å². The average Bonchev–Trinajstić information content (AvgIpc) is 2.48. The van der Waals surface area contributed by atoms with E-state index >= 15 is 0 Å². The van der Waals surface area contributed by atoms with Gasteiger partial charge in [0.05, 0.1) is 0 Å². The summed E-state index contributed by atoms with van der Waals surface area (Å²) in [7, 11) is 1.54. The maximum Gasteiger partial charge on any atom is 0.254 e. The highest BCUT2D eigenvalue weighted by atomic mass is 16.5. The number of methoxy groups -OCH3 is 1. The van der Waals surface area contributed by atoms with Crippen LogP contribution in [-0.2, 0) is 16.1 Å². The number of carbonyl (C=O) groups excluding carboxylic acids is 1. The molecule has 0 aliphatic heterocycles. The lowest BCUT2D eigenvalue weighted by molar-refractivity contribution is -0.131. The predicted octanol–water partition coefficient (Wildman–Crippen LogP) is 3.00. The first-order valence-corrected chi connectivity index (χ1v) is 6.61. The molecule has 0 spiro atoms. The summed E-state index contributed by atoms with van der Waals surface area (Å²) in [4.78, 5) is 12.2. The van der Waals surface area contributed by atoms with Crippen LogP contribution in [0.5, 0.6) is 0 Å².